The molecule has 7 nitrogen and oxygen atoms in total. The van der Waals surface area contributed by atoms with Crippen molar-refractivity contribution < 1.29 is 4.90 Å². The van der Waals surface area contributed by atoms with Crippen LogP contribution in [0.4, 0.5) is 5.95 Å². The van der Waals surface area contributed by atoms with Crippen molar-refractivity contribution in [1.29, 1.82) is 0 Å². The number of hydrogen-bond donors (Lipinski definition) is 1. The Morgan fingerprint density at radius 1 is 0.800 bits per heavy atom. The highest BCUT2D eigenvalue weighted by molar-refractivity contribution is 5.57. The predicted molar refractivity (Wildman–Crippen MR) is 115 cm³/mol. The summed E-state index contributed by atoms with van der Waals surface area (Å²) in [5, 5.41) is 0. The summed E-state index contributed by atoms with van der Waals surface area (Å²) in [4.78, 5) is 22.2. The van der Waals surface area contributed by atoms with Crippen molar-refractivity contribution in [3.05, 3.63) is 84.9 Å². The third-order valence-electron chi connectivity index (χ3n) is 5.43. The Morgan fingerprint density at radius 3 is 2.20 bits per heavy atom. The van der Waals surface area contributed by atoms with Gasteiger partial charge in [-0.1, -0.05) is 60.7 Å². The summed E-state index contributed by atoms with van der Waals surface area (Å²) in [6.45, 7) is 5.01. The standard InChI is InChI=1S/C23H23N7/c1-3-7-19(8-4-1)17-28-13-15-29(16-14-28)22-25-21(20-9-5-2-6-10-20)26-23(27-22)30-12-11-24-18-30/h1-12,18H,13-17H2/p+1. The van der Waals surface area contributed by atoms with Crippen LogP contribution < -0.4 is 9.80 Å². The summed E-state index contributed by atoms with van der Waals surface area (Å²) < 4.78 is 1.83. The Kier molecular flexibility index (Phi) is 5.18. The van der Waals surface area contributed by atoms with Gasteiger partial charge in [0.25, 0.3) is 0 Å². The van der Waals surface area contributed by atoms with Crippen LogP contribution in [0.15, 0.2) is 79.4 Å². The van der Waals surface area contributed by atoms with Crippen LogP contribution in [0.5, 0.6) is 0 Å². The molecule has 5 rings (SSSR count). The fourth-order valence-corrected chi connectivity index (χ4v) is 3.79. The second-order valence-electron chi connectivity index (χ2n) is 7.49. The van der Waals surface area contributed by atoms with E-state index < -0.39 is 0 Å². The lowest BCUT2D eigenvalue weighted by atomic mass is 10.2. The molecule has 30 heavy (non-hydrogen) atoms. The Labute approximate surface area is 175 Å². The van der Waals surface area contributed by atoms with Gasteiger partial charge in [0.05, 0.1) is 26.2 Å². The van der Waals surface area contributed by atoms with E-state index in [2.05, 4.69) is 45.2 Å². The van der Waals surface area contributed by atoms with Gasteiger partial charge in [-0.15, -0.1) is 0 Å². The zero-order valence-electron chi connectivity index (χ0n) is 16.7. The van der Waals surface area contributed by atoms with Crippen molar-refractivity contribution in [1.82, 2.24) is 24.5 Å². The lowest BCUT2D eigenvalue weighted by molar-refractivity contribution is -0.914. The molecule has 3 heterocycles. The lowest BCUT2D eigenvalue weighted by Crippen LogP contribution is -3.13. The van der Waals surface area contributed by atoms with Crippen LogP contribution in [-0.4, -0.2) is 50.7 Å². The van der Waals surface area contributed by atoms with E-state index in [0.717, 1.165) is 44.2 Å². The van der Waals surface area contributed by atoms with Crippen LogP contribution in [0, 0.1) is 0 Å². The molecular weight excluding hydrogens is 374 g/mol. The fourth-order valence-electron chi connectivity index (χ4n) is 3.79. The Bertz CT molecular complexity index is 1070. The summed E-state index contributed by atoms with van der Waals surface area (Å²) >= 11 is 0. The molecule has 150 valence electrons. The number of benzene rings is 2. The highest BCUT2D eigenvalue weighted by atomic mass is 15.3. The molecule has 0 unspecified atom stereocenters. The first kappa shape index (κ1) is 18.4. The van der Waals surface area contributed by atoms with Gasteiger partial charge >= 0.3 is 0 Å². The van der Waals surface area contributed by atoms with Gasteiger partial charge in [0.2, 0.25) is 11.9 Å². The molecule has 0 aliphatic carbocycles. The molecule has 1 fully saturated rings. The highest BCUT2D eigenvalue weighted by Crippen LogP contribution is 2.19. The molecular formula is C23H24N7+. The highest BCUT2D eigenvalue weighted by Gasteiger charge is 2.23. The number of nitrogens with one attached hydrogen (secondary N) is 1. The average molecular weight is 398 g/mol. The number of rotatable bonds is 5. The van der Waals surface area contributed by atoms with Crippen molar-refractivity contribution in [2.75, 3.05) is 31.1 Å². The summed E-state index contributed by atoms with van der Waals surface area (Å²) in [6.07, 6.45) is 5.31. The number of hydrogen-bond acceptors (Lipinski definition) is 5. The van der Waals surface area contributed by atoms with Gasteiger partial charge in [-0.25, -0.2) is 4.98 Å². The molecule has 0 radical (unpaired) electrons. The Balaban J connectivity index is 1.38. The first-order valence-electron chi connectivity index (χ1n) is 10.3. The monoisotopic (exact) mass is 398 g/mol. The molecule has 0 atom stereocenters. The van der Waals surface area contributed by atoms with E-state index in [4.69, 9.17) is 9.97 Å². The first-order valence-corrected chi connectivity index (χ1v) is 10.3. The van der Waals surface area contributed by atoms with Crippen LogP contribution >= 0.6 is 0 Å². The van der Waals surface area contributed by atoms with Gasteiger partial charge in [0.1, 0.15) is 12.9 Å². The van der Waals surface area contributed by atoms with E-state index in [9.17, 15) is 0 Å². The number of anilines is 1. The molecule has 1 aliphatic heterocycles. The normalized spacial score (nSPS) is 14.7. The Morgan fingerprint density at radius 2 is 1.50 bits per heavy atom. The molecule has 1 aliphatic rings. The lowest BCUT2D eigenvalue weighted by Gasteiger charge is -2.32. The molecule has 0 bridgehead atoms. The maximum absolute atomic E-state index is 4.81. The molecule has 2 aromatic carbocycles. The van der Waals surface area contributed by atoms with E-state index in [1.807, 2.05) is 41.1 Å². The van der Waals surface area contributed by atoms with Gasteiger partial charge < -0.3 is 9.80 Å². The van der Waals surface area contributed by atoms with Crippen molar-refractivity contribution in [3.8, 4) is 17.3 Å². The smallest absolute Gasteiger partial charge is 0.240 e. The quantitative estimate of drug-likeness (QED) is 0.554. The third-order valence-corrected chi connectivity index (χ3v) is 5.43. The minimum Gasteiger partial charge on any atom is -0.329 e. The zero-order chi connectivity index (χ0) is 20.2. The van der Waals surface area contributed by atoms with Crippen LogP contribution in [0.3, 0.4) is 0 Å². The van der Waals surface area contributed by atoms with Crippen molar-refractivity contribution >= 4 is 5.95 Å². The van der Waals surface area contributed by atoms with E-state index in [0.29, 0.717) is 11.8 Å². The minimum atomic E-state index is 0.593. The third kappa shape index (κ3) is 4.06. The van der Waals surface area contributed by atoms with Crippen LogP contribution in [-0.2, 0) is 6.54 Å². The molecule has 4 aromatic rings. The minimum absolute atomic E-state index is 0.593. The van der Waals surface area contributed by atoms with Gasteiger partial charge in [-0.05, 0) is 0 Å². The topological polar surface area (TPSA) is 64.2 Å². The molecule has 0 amide bonds. The summed E-state index contributed by atoms with van der Waals surface area (Å²) in [7, 11) is 0. The van der Waals surface area contributed by atoms with Crippen LogP contribution in [0.25, 0.3) is 17.3 Å². The first-order chi connectivity index (χ1) is 14.8. The van der Waals surface area contributed by atoms with Gasteiger partial charge in [-0.3, -0.25) is 4.57 Å². The molecule has 0 saturated carbocycles. The second-order valence-corrected chi connectivity index (χ2v) is 7.49. The molecule has 1 saturated heterocycles. The molecule has 7 heteroatoms. The number of nitrogens with zero attached hydrogens (tertiary/aromatic N) is 6. The van der Waals surface area contributed by atoms with E-state index >= 15 is 0 Å². The summed E-state index contributed by atoms with van der Waals surface area (Å²) in [5.74, 6) is 2.00. The predicted octanol–water partition coefficient (Wildman–Crippen LogP) is 1.63. The summed E-state index contributed by atoms with van der Waals surface area (Å²) in [6, 6.07) is 20.7. The van der Waals surface area contributed by atoms with Crippen molar-refractivity contribution in [3.63, 3.8) is 0 Å². The largest absolute Gasteiger partial charge is 0.329 e. The average Bonchev–Trinajstić information content (AvgIpc) is 3.36. The number of quaternary nitrogens is 1. The number of imidazole rings is 1. The van der Waals surface area contributed by atoms with Gasteiger partial charge in [-0.2, -0.15) is 15.0 Å². The van der Waals surface area contributed by atoms with Crippen LogP contribution in [0.2, 0.25) is 0 Å². The van der Waals surface area contributed by atoms with Gasteiger partial charge in [0, 0.05) is 23.5 Å². The van der Waals surface area contributed by atoms with Gasteiger partial charge in [0.15, 0.2) is 5.82 Å². The Hall–Kier alpha value is -3.58. The van der Waals surface area contributed by atoms with E-state index in [1.165, 1.54) is 5.56 Å². The van der Waals surface area contributed by atoms with E-state index in [-0.39, 0.29) is 0 Å². The van der Waals surface area contributed by atoms with Crippen molar-refractivity contribution in [2.24, 2.45) is 0 Å². The fraction of sp³-hybridized carbons (Fsp3) is 0.217. The SMILES string of the molecule is c1ccc(C[NH+]2CCN(c3nc(-c4ccccc4)nc(-n4ccnc4)n3)CC2)cc1. The molecule has 2 aromatic heterocycles. The van der Waals surface area contributed by atoms with E-state index in [1.54, 1.807) is 17.4 Å². The maximum atomic E-state index is 4.81. The molecule has 0 spiro atoms. The molecule has 1 N–H and O–H groups in total. The maximum Gasteiger partial charge on any atom is 0.240 e. The zero-order valence-corrected chi connectivity index (χ0v) is 16.7. The number of piperazine rings is 1. The summed E-state index contributed by atoms with van der Waals surface area (Å²) in [5.41, 5.74) is 2.37. The van der Waals surface area contributed by atoms with Crippen LogP contribution in [0.1, 0.15) is 5.56 Å². The van der Waals surface area contributed by atoms with Crippen molar-refractivity contribution in [2.45, 2.75) is 6.54 Å². The second kappa shape index (κ2) is 8.42. The number of aromatic nitrogens is 5.